The van der Waals surface area contributed by atoms with E-state index in [0.717, 1.165) is 48.7 Å². The molecule has 0 spiro atoms. The number of rotatable bonds is 8. The van der Waals surface area contributed by atoms with Crippen LogP contribution in [0.1, 0.15) is 45.4 Å². The normalized spacial score (nSPS) is 15.7. The number of aryl methyl sites for hydroxylation is 1. The quantitative estimate of drug-likeness (QED) is 0.789. The lowest BCUT2D eigenvalue weighted by atomic mass is 10.1. The summed E-state index contributed by atoms with van der Waals surface area (Å²) in [6.07, 6.45) is 4.11. The fourth-order valence-corrected chi connectivity index (χ4v) is 3.26. The Bertz CT molecular complexity index is 756. The van der Waals surface area contributed by atoms with Crippen molar-refractivity contribution in [1.29, 1.82) is 0 Å². The monoisotopic (exact) mass is 356 g/mol. The van der Waals surface area contributed by atoms with E-state index >= 15 is 0 Å². The van der Waals surface area contributed by atoms with Crippen molar-refractivity contribution >= 4 is 11.6 Å². The maximum atomic E-state index is 12.1. The molecule has 1 aromatic heterocycles. The van der Waals surface area contributed by atoms with Crippen LogP contribution >= 0.6 is 0 Å². The van der Waals surface area contributed by atoms with Crippen LogP contribution in [0.25, 0.3) is 11.4 Å². The summed E-state index contributed by atoms with van der Waals surface area (Å²) in [5, 5.41) is 13.9. The lowest BCUT2D eigenvalue weighted by molar-refractivity contribution is -0.117. The molecule has 1 aromatic carbocycles. The van der Waals surface area contributed by atoms with Gasteiger partial charge in [-0.2, -0.15) is 5.10 Å². The van der Waals surface area contributed by atoms with Crippen molar-refractivity contribution in [3.05, 3.63) is 30.1 Å². The SMILES string of the molecule is CCC(C)Cc1nc(-c2cccc(N3CCCC3=O)c2)n(CCCO)n1. The molecule has 0 bridgehead atoms. The molecule has 1 fully saturated rings. The van der Waals surface area contributed by atoms with Crippen molar-refractivity contribution in [3.63, 3.8) is 0 Å². The second-order valence-corrected chi connectivity index (χ2v) is 7.07. The van der Waals surface area contributed by atoms with Gasteiger partial charge in [0.1, 0.15) is 0 Å². The number of amides is 1. The standard InChI is InChI=1S/C20H28N4O2/c1-3-15(2)13-18-21-20(24(22-18)11-6-12-25)16-7-4-8-17(14-16)23-10-5-9-19(23)26/h4,7-8,14-15,25H,3,5-6,9-13H2,1-2H3. The van der Waals surface area contributed by atoms with Crippen LogP contribution in [0.4, 0.5) is 5.69 Å². The molecule has 26 heavy (non-hydrogen) atoms. The van der Waals surface area contributed by atoms with Gasteiger partial charge in [0.25, 0.3) is 0 Å². The zero-order valence-corrected chi connectivity index (χ0v) is 15.7. The average Bonchev–Trinajstić information content (AvgIpc) is 3.26. The lowest BCUT2D eigenvalue weighted by Gasteiger charge is -2.16. The summed E-state index contributed by atoms with van der Waals surface area (Å²) in [5.41, 5.74) is 1.88. The van der Waals surface area contributed by atoms with Gasteiger partial charge >= 0.3 is 0 Å². The van der Waals surface area contributed by atoms with Crippen molar-refractivity contribution in [3.8, 4) is 11.4 Å². The molecule has 0 radical (unpaired) electrons. The Morgan fingerprint density at radius 3 is 2.88 bits per heavy atom. The Morgan fingerprint density at radius 1 is 1.35 bits per heavy atom. The topological polar surface area (TPSA) is 71.2 Å². The van der Waals surface area contributed by atoms with Gasteiger partial charge in [0.2, 0.25) is 5.91 Å². The Labute approximate surface area is 154 Å². The molecule has 1 aliphatic heterocycles. The summed E-state index contributed by atoms with van der Waals surface area (Å²) in [4.78, 5) is 18.7. The van der Waals surface area contributed by atoms with Crippen molar-refractivity contribution in [1.82, 2.24) is 14.8 Å². The van der Waals surface area contributed by atoms with Gasteiger partial charge in [-0.1, -0.05) is 32.4 Å². The summed E-state index contributed by atoms with van der Waals surface area (Å²) < 4.78 is 1.89. The highest BCUT2D eigenvalue weighted by Crippen LogP contribution is 2.27. The van der Waals surface area contributed by atoms with Gasteiger partial charge in [-0.15, -0.1) is 0 Å². The highest BCUT2D eigenvalue weighted by molar-refractivity contribution is 5.95. The second-order valence-electron chi connectivity index (χ2n) is 7.07. The Morgan fingerprint density at radius 2 is 2.19 bits per heavy atom. The van der Waals surface area contributed by atoms with Gasteiger partial charge in [-0.05, 0) is 30.9 Å². The maximum Gasteiger partial charge on any atom is 0.227 e. The molecule has 0 saturated carbocycles. The number of hydrogen-bond acceptors (Lipinski definition) is 4. The van der Waals surface area contributed by atoms with E-state index in [9.17, 15) is 9.90 Å². The van der Waals surface area contributed by atoms with Crippen molar-refractivity contribution in [2.45, 2.75) is 52.5 Å². The number of anilines is 1. The first-order valence-electron chi connectivity index (χ1n) is 9.57. The zero-order chi connectivity index (χ0) is 18.5. The first-order chi connectivity index (χ1) is 12.6. The Balaban J connectivity index is 1.92. The number of carbonyl (C=O) groups excluding carboxylic acids is 1. The van der Waals surface area contributed by atoms with Crippen LogP contribution in [0.5, 0.6) is 0 Å². The predicted octanol–water partition coefficient (Wildman–Crippen LogP) is 3.04. The van der Waals surface area contributed by atoms with Crippen LogP contribution in [-0.2, 0) is 17.8 Å². The molecule has 6 heteroatoms. The fraction of sp³-hybridized carbons (Fsp3) is 0.550. The minimum Gasteiger partial charge on any atom is -0.396 e. The van der Waals surface area contributed by atoms with E-state index in [-0.39, 0.29) is 12.5 Å². The molecule has 1 aliphatic rings. The van der Waals surface area contributed by atoms with Gasteiger partial charge in [-0.25, -0.2) is 9.67 Å². The molecule has 1 saturated heterocycles. The first-order valence-corrected chi connectivity index (χ1v) is 9.57. The number of aliphatic hydroxyl groups is 1. The van der Waals surface area contributed by atoms with Crippen molar-refractivity contribution < 1.29 is 9.90 Å². The summed E-state index contributed by atoms with van der Waals surface area (Å²) in [5.74, 6) is 2.37. The Kier molecular flexibility index (Phi) is 6.04. The van der Waals surface area contributed by atoms with E-state index in [0.29, 0.717) is 25.3 Å². The third-order valence-corrected chi connectivity index (χ3v) is 4.96. The van der Waals surface area contributed by atoms with Gasteiger partial charge in [0.05, 0.1) is 0 Å². The summed E-state index contributed by atoms with van der Waals surface area (Å²) in [7, 11) is 0. The van der Waals surface area contributed by atoms with E-state index in [1.54, 1.807) is 0 Å². The number of aromatic nitrogens is 3. The van der Waals surface area contributed by atoms with Gasteiger partial charge < -0.3 is 10.0 Å². The van der Waals surface area contributed by atoms with E-state index in [4.69, 9.17) is 4.98 Å². The molecule has 1 N–H and O–H groups in total. The third-order valence-electron chi connectivity index (χ3n) is 4.96. The van der Waals surface area contributed by atoms with Crippen LogP contribution in [-0.4, -0.2) is 38.9 Å². The van der Waals surface area contributed by atoms with E-state index < -0.39 is 0 Å². The van der Waals surface area contributed by atoms with Gasteiger partial charge in [0, 0.05) is 43.8 Å². The average molecular weight is 356 g/mol. The molecule has 2 heterocycles. The largest absolute Gasteiger partial charge is 0.396 e. The maximum absolute atomic E-state index is 12.1. The van der Waals surface area contributed by atoms with Gasteiger partial charge in [0.15, 0.2) is 11.6 Å². The summed E-state index contributed by atoms with van der Waals surface area (Å²) in [6.45, 7) is 5.91. The van der Waals surface area contributed by atoms with Crippen LogP contribution < -0.4 is 4.90 Å². The molecule has 3 rings (SSSR count). The number of nitrogens with zero attached hydrogens (tertiary/aromatic N) is 4. The molecule has 2 aromatic rings. The third kappa shape index (κ3) is 4.12. The minimum absolute atomic E-state index is 0.127. The molecule has 1 amide bonds. The molecule has 1 unspecified atom stereocenters. The number of carbonyl (C=O) groups is 1. The number of aliphatic hydroxyl groups excluding tert-OH is 1. The van der Waals surface area contributed by atoms with Crippen LogP contribution in [0.2, 0.25) is 0 Å². The van der Waals surface area contributed by atoms with Gasteiger partial charge in [-0.3, -0.25) is 4.79 Å². The minimum atomic E-state index is 0.127. The summed E-state index contributed by atoms with van der Waals surface area (Å²) in [6, 6.07) is 7.98. The van der Waals surface area contributed by atoms with Crippen molar-refractivity contribution in [2.24, 2.45) is 5.92 Å². The van der Waals surface area contributed by atoms with Crippen molar-refractivity contribution in [2.75, 3.05) is 18.1 Å². The van der Waals surface area contributed by atoms with E-state index in [1.165, 1.54) is 0 Å². The Hall–Kier alpha value is -2.21. The fourth-order valence-electron chi connectivity index (χ4n) is 3.26. The van der Waals surface area contributed by atoms with E-state index in [1.807, 2.05) is 33.8 Å². The first kappa shape index (κ1) is 18.6. The number of benzene rings is 1. The van der Waals surface area contributed by atoms with Crippen LogP contribution in [0.3, 0.4) is 0 Å². The highest BCUT2D eigenvalue weighted by Gasteiger charge is 2.22. The second kappa shape index (κ2) is 8.45. The smallest absolute Gasteiger partial charge is 0.227 e. The number of hydrogen-bond donors (Lipinski definition) is 1. The lowest BCUT2D eigenvalue weighted by Crippen LogP contribution is -2.23. The highest BCUT2D eigenvalue weighted by atomic mass is 16.3. The zero-order valence-electron chi connectivity index (χ0n) is 15.7. The molecule has 1 atom stereocenters. The summed E-state index contributed by atoms with van der Waals surface area (Å²) >= 11 is 0. The molecule has 6 nitrogen and oxygen atoms in total. The molecular formula is C20H28N4O2. The predicted molar refractivity (Wildman–Crippen MR) is 102 cm³/mol. The van der Waals surface area contributed by atoms with Crippen LogP contribution in [0, 0.1) is 5.92 Å². The van der Waals surface area contributed by atoms with E-state index in [2.05, 4.69) is 18.9 Å². The molecule has 0 aliphatic carbocycles. The molecule has 140 valence electrons. The molecular weight excluding hydrogens is 328 g/mol. The van der Waals surface area contributed by atoms with Crippen LogP contribution in [0.15, 0.2) is 24.3 Å².